The maximum Gasteiger partial charge on any atom is 0.240 e. The van der Waals surface area contributed by atoms with Crippen molar-refractivity contribution in [1.29, 1.82) is 0 Å². The molecule has 0 aromatic heterocycles. The quantitative estimate of drug-likeness (QED) is 0.670. The van der Waals surface area contributed by atoms with Gasteiger partial charge in [-0.05, 0) is 43.2 Å². The molecule has 0 heterocycles. The van der Waals surface area contributed by atoms with Gasteiger partial charge in [-0.15, -0.1) is 0 Å². The number of amides is 1. The molecule has 0 atom stereocenters. The van der Waals surface area contributed by atoms with Gasteiger partial charge in [-0.1, -0.05) is 35.9 Å². The molecular formula is C20H25ClN2O4S. The molecule has 1 N–H and O–H groups in total. The summed E-state index contributed by atoms with van der Waals surface area (Å²) in [6.45, 7) is 4.27. The van der Waals surface area contributed by atoms with Crippen LogP contribution in [0, 0.1) is 13.8 Å². The van der Waals surface area contributed by atoms with E-state index in [0.29, 0.717) is 29.5 Å². The van der Waals surface area contributed by atoms with Gasteiger partial charge in [0, 0.05) is 20.0 Å². The monoisotopic (exact) mass is 424 g/mol. The Balaban J connectivity index is 1.79. The lowest BCUT2D eigenvalue weighted by Gasteiger charge is -2.18. The van der Waals surface area contributed by atoms with E-state index in [9.17, 15) is 13.2 Å². The third-order valence-electron chi connectivity index (χ3n) is 4.21. The van der Waals surface area contributed by atoms with Gasteiger partial charge < -0.3 is 9.64 Å². The molecule has 0 aliphatic heterocycles. The number of aryl methyl sites for hydroxylation is 2. The third-order valence-corrected chi connectivity index (χ3v) is 6.13. The predicted octanol–water partition coefficient (Wildman–Crippen LogP) is 3.16. The second kappa shape index (κ2) is 9.91. The molecule has 28 heavy (non-hydrogen) atoms. The van der Waals surface area contributed by atoms with E-state index in [2.05, 4.69) is 4.72 Å². The number of hydrogen-bond donors (Lipinski definition) is 1. The Kier molecular flexibility index (Phi) is 7.86. The highest BCUT2D eigenvalue weighted by Gasteiger charge is 2.17. The summed E-state index contributed by atoms with van der Waals surface area (Å²) in [5.41, 5.74) is 1.53. The van der Waals surface area contributed by atoms with Crippen LogP contribution in [-0.4, -0.2) is 46.0 Å². The van der Waals surface area contributed by atoms with Gasteiger partial charge in [0.1, 0.15) is 12.4 Å². The zero-order chi connectivity index (χ0) is 20.7. The molecule has 0 spiro atoms. The van der Waals surface area contributed by atoms with Crippen LogP contribution in [0.3, 0.4) is 0 Å². The highest BCUT2D eigenvalue weighted by Crippen LogP contribution is 2.22. The zero-order valence-electron chi connectivity index (χ0n) is 16.2. The highest BCUT2D eigenvalue weighted by atomic mass is 35.5. The summed E-state index contributed by atoms with van der Waals surface area (Å²) < 4.78 is 33.0. The topological polar surface area (TPSA) is 75.7 Å². The maximum atomic E-state index is 12.4. The number of rotatable bonds is 9. The Morgan fingerprint density at radius 2 is 1.89 bits per heavy atom. The van der Waals surface area contributed by atoms with Crippen LogP contribution in [0.25, 0.3) is 0 Å². The van der Waals surface area contributed by atoms with Crippen molar-refractivity contribution in [3.8, 4) is 5.75 Å². The summed E-state index contributed by atoms with van der Waals surface area (Å²) >= 11 is 6.01. The normalized spacial score (nSPS) is 11.3. The fourth-order valence-electron chi connectivity index (χ4n) is 2.54. The number of carbonyl (C=O) groups is 1. The summed E-state index contributed by atoms with van der Waals surface area (Å²) in [6.07, 6.45) is 0.0622. The van der Waals surface area contributed by atoms with Crippen molar-refractivity contribution < 1.29 is 17.9 Å². The molecule has 6 nitrogen and oxygen atoms in total. The fourth-order valence-corrected chi connectivity index (χ4v) is 4.09. The van der Waals surface area contributed by atoms with Gasteiger partial charge in [0.15, 0.2) is 0 Å². The van der Waals surface area contributed by atoms with Crippen LogP contribution < -0.4 is 9.46 Å². The molecule has 0 radical (unpaired) electrons. The molecule has 0 bridgehead atoms. The van der Waals surface area contributed by atoms with E-state index < -0.39 is 10.0 Å². The molecule has 0 aliphatic rings. The number of halogens is 1. The van der Waals surface area contributed by atoms with Crippen LogP contribution in [0.5, 0.6) is 5.75 Å². The lowest BCUT2D eigenvalue weighted by Crippen LogP contribution is -2.34. The minimum atomic E-state index is -3.65. The first-order valence-corrected chi connectivity index (χ1v) is 10.7. The number of likely N-dealkylation sites (N-methyl/N-ethyl adjacent to an activating group) is 1. The van der Waals surface area contributed by atoms with Crippen molar-refractivity contribution in [2.75, 3.05) is 26.7 Å². The maximum absolute atomic E-state index is 12.4. The number of ether oxygens (including phenoxy) is 1. The van der Waals surface area contributed by atoms with Crippen LogP contribution in [0.1, 0.15) is 17.5 Å². The van der Waals surface area contributed by atoms with E-state index in [1.807, 2.05) is 25.1 Å². The number of hydrogen-bond acceptors (Lipinski definition) is 4. The van der Waals surface area contributed by atoms with E-state index in [1.165, 1.54) is 4.90 Å². The first-order chi connectivity index (χ1) is 13.2. The lowest BCUT2D eigenvalue weighted by atomic mass is 10.2. The van der Waals surface area contributed by atoms with Gasteiger partial charge in [-0.25, -0.2) is 13.1 Å². The Hall–Kier alpha value is -2.09. The molecule has 2 aromatic carbocycles. The van der Waals surface area contributed by atoms with Gasteiger partial charge in [-0.2, -0.15) is 0 Å². The number of nitrogens with zero attached hydrogens (tertiary/aromatic N) is 1. The molecule has 1 amide bonds. The molecule has 8 heteroatoms. The van der Waals surface area contributed by atoms with Crippen LogP contribution in [-0.2, 0) is 14.8 Å². The van der Waals surface area contributed by atoms with E-state index in [4.69, 9.17) is 16.3 Å². The SMILES string of the molecule is Cc1ccc(C)c(S(=O)(=O)NCCC(=O)N(C)CCOc2ccccc2Cl)c1. The van der Waals surface area contributed by atoms with Crippen LogP contribution >= 0.6 is 11.6 Å². The van der Waals surface area contributed by atoms with Crippen LogP contribution in [0.15, 0.2) is 47.4 Å². The second-order valence-corrected chi connectivity index (χ2v) is 8.65. The first-order valence-electron chi connectivity index (χ1n) is 8.89. The average molecular weight is 425 g/mol. The van der Waals surface area contributed by atoms with Crippen molar-refractivity contribution in [3.63, 3.8) is 0 Å². The number of carbonyl (C=O) groups excluding carboxylic acids is 1. The Labute approximate surface area is 171 Å². The molecule has 2 rings (SSSR count). The zero-order valence-corrected chi connectivity index (χ0v) is 17.8. The van der Waals surface area contributed by atoms with Gasteiger partial charge in [-0.3, -0.25) is 4.79 Å². The van der Waals surface area contributed by atoms with Gasteiger partial charge in [0.2, 0.25) is 15.9 Å². The van der Waals surface area contributed by atoms with Crippen molar-refractivity contribution in [3.05, 3.63) is 58.6 Å². The lowest BCUT2D eigenvalue weighted by molar-refractivity contribution is -0.130. The van der Waals surface area contributed by atoms with E-state index in [1.54, 1.807) is 38.2 Å². The van der Waals surface area contributed by atoms with E-state index in [0.717, 1.165) is 5.56 Å². The van der Waals surface area contributed by atoms with E-state index >= 15 is 0 Å². The molecule has 0 saturated heterocycles. The first kappa shape index (κ1) is 22.2. The molecule has 0 unspecified atom stereocenters. The van der Waals surface area contributed by atoms with Crippen molar-refractivity contribution in [2.45, 2.75) is 25.2 Å². The van der Waals surface area contributed by atoms with E-state index in [-0.39, 0.29) is 23.8 Å². The average Bonchev–Trinajstić information content (AvgIpc) is 2.64. The minimum absolute atomic E-state index is 0.0320. The number of para-hydroxylation sites is 1. The minimum Gasteiger partial charge on any atom is -0.490 e. The van der Waals surface area contributed by atoms with Crippen molar-refractivity contribution >= 4 is 27.5 Å². The largest absolute Gasteiger partial charge is 0.490 e. The summed E-state index contributed by atoms with van der Waals surface area (Å²) in [7, 11) is -2.00. The Morgan fingerprint density at radius 1 is 1.18 bits per heavy atom. The molecule has 152 valence electrons. The summed E-state index contributed by atoms with van der Waals surface area (Å²) in [5.74, 6) is 0.387. The summed E-state index contributed by atoms with van der Waals surface area (Å²) in [4.78, 5) is 13.9. The smallest absolute Gasteiger partial charge is 0.240 e. The Morgan fingerprint density at radius 3 is 2.61 bits per heavy atom. The van der Waals surface area contributed by atoms with Crippen LogP contribution in [0.4, 0.5) is 0 Å². The molecule has 0 fully saturated rings. The van der Waals surface area contributed by atoms with Gasteiger partial charge >= 0.3 is 0 Å². The number of benzene rings is 2. The highest BCUT2D eigenvalue weighted by molar-refractivity contribution is 7.89. The molecular weight excluding hydrogens is 400 g/mol. The standard InChI is InChI=1S/C20H25ClN2O4S/c1-15-8-9-16(2)19(14-15)28(25,26)22-11-10-20(24)23(3)12-13-27-18-7-5-4-6-17(18)21/h4-9,14,22H,10-13H2,1-3H3. The third kappa shape index (κ3) is 6.22. The van der Waals surface area contributed by atoms with Crippen LogP contribution in [0.2, 0.25) is 5.02 Å². The summed E-state index contributed by atoms with van der Waals surface area (Å²) in [5, 5.41) is 0.511. The van der Waals surface area contributed by atoms with Crippen molar-refractivity contribution in [2.24, 2.45) is 0 Å². The van der Waals surface area contributed by atoms with Gasteiger partial charge in [0.25, 0.3) is 0 Å². The number of nitrogens with one attached hydrogen (secondary N) is 1. The van der Waals surface area contributed by atoms with Crippen molar-refractivity contribution in [1.82, 2.24) is 9.62 Å². The molecule has 0 aliphatic carbocycles. The molecule has 2 aromatic rings. The predicted molar refractivity (Wildman–Crippen MR) is 110 cm³/mol. The number of sulfonamides is 1. The summed E-state index contributed by atoms with van der Waals surface area (Å²) in [6, 6.07) is 12.4. The van der Waals surface area contributed by atoms with Gasteiger partial charge in [0.05, 0.1) is 16.5 Å². The molecule has 0 saturated carbocycles. The Bertz CT molecular complexity index is 932. The fraction of sp³-hybridized carbons (Fsp3) is 0.350. The second-order valence-electron chi connectivity index (χ2n) is 6.51.